The molecule has 0 amide bonds. The first-order valence-electron chi connectivity index (χ1n) is 7.01. The number of ether oxygens (including phenoxy) is 1. The van der Waals surface area contributed by atoms with E-state index in [-0.39, 0.29) is 11.7 Å². The van der Waals surface area contributed by atoms with Crippen LogP contribution in [-0.4, -0.2) is 15.8 Å². The highest BCUT2D eigenvalue weighted by atomic mass is 16.6. The number of rotatable bonds is 6. The lowest BCUT2D eigenvalue weighted by atomic mass is 9.95. The second kappa shape index (κ2) is 7.48. The topological polar surface area (TPSA) is 113 Å². The molecule has 0 aliphatic carbocycles. The molecule has 0 saturated carbocycles. The van der Waals surface area contributed by atoms with Crippen LogP contribution in [0.4, 0.5) is 11.4 Å². The Labute approximate surface area is 133 Å². The smallest absolute Gasteiger partial charge is 0.339 e. The number of allylic oxidation sites excluding steroid dienone is 1. The van der Waals surface area contributed by atoms with Gasteiger partial charge in [-0.2, -0.15) is 0 Å². The molecule has 23 heavy (non-hydrogen) atoms. The third kappa shape index (κ3) is 4.35. The van der Waals surface area contributed by atoms with Gasteiger partial charge < -0.3 is 4.74 Å². The van der Waals surface area contributed by atoms with E-state index >= 15 is 0 Å². The summed E-state index contributed by atoms with van der Waals surface area (Å²) >= 11 is 0. The monoisotopic (exact) mass is 322 g/mol. The number of nitro groups is 2. The Morgan fingerprint density at radius 1 is 1.22 bits per heavy atom. The standard InChI is InChI=1S/C15H18N2O6/c1-5-10(4)14(9(2)3)15(18)23-13-7-6-11(16(19)20)8-12(13)17(21)22/h6-8,10H,5H2,1-4H3. The number of esters is 1. The number of carbonyl (C=O) groups is 1. The maximum absolute atomic E-state index is 12.3. The Hall–Kier alpha value is -2.77. The minimum Gasteiger partial charge on any atom is -0.416 e. The van der Waals surface area contributed by atoms with Gasteiger partial charge in [0.25, 0.3) is 5.69 Å². The predicted molar refractivity (Wildman–Crippen MR) is 83.2 cm³/mol. The van der Waals surface area contributed by atoms with Crippen LogP contribution < -0.4 is 4.74 Å². The summed E-state index contributed by atoms with van der Waals surface area (Å²) in [6.45, 7) is 7.28. The molecule has 8 heteroatoms. The van der Waals surface area contributed by atoms with Crippen molar-refractivity contribution in [3.8, 4) is 5.75 Å². The predicted octanol–water partition coefficient (Wildman–Crippen LogP) is 3.79. The minimum absolute atomic E-state index is 0.0652. The van der Waals surface area contributed by atoms with Crippen LogP contribution in [0.15, 0.2) is 29.3 Å². The molecule has 0 heterocycles. The summed E-state index contributed by atoms with van der Waals surface area (Å²) in [4.78, 5) is 32.5. The van der Waals surface area contributed by atoms with Gasteiger partial charge in [0.2, 0.25) is 5.75 Å². The molecule has 1 unspecified atom stereocenters. The molecule has 1 rings (SSSR count). The first-order valence-corrected chi connectivity index (χ1v) is 7.01. The van der Waals surface area contributed by atoms with E-state index in [4.69, 9.17) is 4.74 Å². The van der Waals surface area contributed by atoms with Gasteiger partial charge in [-0.15, -0.1) is 0 Å². The van der Waals surface area contributed by atoms with Crippen molar-refractivity contribution in [1.82, 2.24) is 0 Å². The zero-order valence-electron chi connectivity index (χ0n) is 13.4. The van der Waals surface area contributed by atoms with Gasteiger partial charge in [0.05, 0.1) is 15.9 Å². The first-order chi connectivity index (χ1) is 10.7. The lowest BCUT2D eigenvalue weighted by Gasteiger charge is -2.15. The second-order valence-corrected chi connectivity index (χ2v) is 5.28. The van der Waals surface area contributed by atoms with Gasteiger partial charge in [-0.3, -0.25) is 20.2 Å². The Balaban J connectivity index is 3.23. The van der Waals surface area contributed by atoms with Gasteiger partial charge in [0.1, 0.15) is 0 Å². The molecule has 8 nitrogen and oxygen atoms in total. The van der Waals surface area contributed by atoms with Crippen LogP contribution in [0.2, 0.25) is 0 Å². The average Bonchev–Trinajstić information content (AvgIpc) is 2.46. The number of nitro benzene ring substituents is 2. The molecule has 1 atom stereocenters. The van der Waals surface area contributed by atoms with Crippen molar-refractivity contribution in [3.05, 3.63) is 49.6 Å². The van der Waals surface area contributed by atoms with E-state index in [1.807, 2.05) is 13.8 Å². The lowest BCUT2D eigenvalue weighted by Crippen LogP contribution is -2.18. The summed E-state index contributed by atoms with van der Waals surface area (Å²) < 4.78 is 5.13. The molecule has 0 spiro atoms. The van der Waals surface area contributed by atoms with Crippen LogP contribution in [0.5, 0.6) is 5.75 Å². The van der Waals surface area contributed by atoms with Crippen molar-refractivity contribution in [2.45, 2.75) is 34.1 Å². The SMILES string of the molecule is CCC(C)C(C(=O)Oc1ccc([N+](=O)[O-])cc1[N+](=O)[O-])=C(C)C. The molecule has 124 valence electrons. The Bertz CT molecular complexity index is 677. The molecule has 1 aromatic rings. The highest BCUT2D eigenvalue weighted by molar-refractivity contribution is 5.92. The van der Waals surface area contributed by atoms with Crippen LogP contribution >= 0.6 is 0 Å². The molecule has 0 aromatic heterocycles. The van der Waals surface area contributed by atoms with E-state index in [0.717, 1.165) is 23.8 Å². The number of hydrogen-bond acceptors (Lipinski definition) is 6. The van der Waals surface area contributed by atoms with E-state index in [9.17, 15) is 25.0 Å². The second-order valence-electron chi connectivity index (χ2n) is 5.28. The van der Waals surface area contributed by atoms with Crippen molar-refractivity contribution >= 4 is 17.3 Å². The third-order valence-corrected chi connectivity index (χ3v) is 3.42. The molecule has 0 radical (unpaired) electrons. The van der Waals surface area contributed by atoms with Gasteiger partial charge >= 0.3 is 11.7 Å². The molecule has 0 aliphatic heterocycles. The van der Waals surface area contributed by atoms with E-state index in [2.05, 4.69) is 0 Å². The Kier molecular flexibility index (Phi) is 5.94. The van der Waals surface area contributed by atoms with Crippen molar-refractivity contribution in [1.29, 1.82) is 0 Å². The lowest BCUT2D eigenvalue weighted by molar-refractivity contribution is -0.394. The zero-order chi connectivity index (χ0) is 17.7. The quantitative estimate of drug-likeness (QED) is 0.259. The summed E-state index contributed by atoms with van der Waals surface area (Å²) in [5.41, 5.74) is 0.139. The van der Waals surface area contributed by atoms with Gasteiger partial charge in [-0.25, -0.2) is 4.79 Å². The number of nitrogens with zero attached hydrogens (tertiary/aromatic N) is 2. The molecule has 0 aliphatic rings. The fourth-order valence-corrected chi connectivity index (χ4v) is 2.11. The minimum atomic E-state index is -0.818. The summed E-state index contributed by atoms with van der Waals surface area (Å²) in [6.07, 6.45) is 0.706. The first kappa shape index (κ1) is 18.3. The molecule has 1 aromatic carbocycles. The largest absolute Gasteiger partial charge is 0.416 e. The van der Waals surface area contributed by atoms with Crippen molar-refractivity contribution < 1.29 is 19.4 Å². The third-order valence-electron chi connectivity index (χ3n) is 3.42. The molecule has 0 bridgehead atoms. The molecular weight excluding hydrogens is 304 g/mol. The fraction of sp³-hybridized carbons (Fsp3) is 0.400. The van der Waals surface area contributed by atoms with Crippen LogP contribution in [0, 0.1) is 26.1 Å². The zero-order valence-corrected chi connectivity index (χ0v) is 13.4. The number of hydrogen-bond donors (Lipinski definition) is 0. The molecular formula is C15H18N2O6. The van der Waals surface area contributed by atoms with E-state index in [1.54, 1.807) is 13.8 Å². The Morgan fingerprint density at radius 3 is 2.26 bits per heavy atom. The highest BCUT2D eigenvalue weighted by Crippen LogP contribution is 2.32. The van der Waals surface area contributed by atoms with E-state index < -0.39 is 27.2 Å². The molecule has 0 N–H and O–H groups in total. The summed E-state index contributed by atoms with van der Waals surface area (Å²) in [5.74, 6) is -1.06. The number of non-ortho nitro benzene ring substituents is 1. The van der Waals surface area contributed by atoms with Crippen molar-refractivity contribution in [2.75, 3.05) is 0 Å². The van der Waals surface area contributed by atoms with Gasteiger partial charge in [0.15, 0.2) is 0 Å². The van der Waals surface area contributed by atoms with Crippen LogP contribution in [0.25, 0.3) is 0 Å². The van der Waals surface area contributed by atoms with Crippen LogP contribution in [0.1, 0.15) is 34.1 Å². The van der Waals surface area contributed by atoms with Gasteiger partial charge in [0, 0.05) is 11.6 Å². The van der Waals surface area contributed by atoms with Crippen molar-refractivity contribution in [3.63, 3.8) is 0 Å². The Morgan fingerprint density at radius 2 is 1.83 bits per heavy atom. The molecule has 0 saturated heterocycles. The van der Waals surface area contributed by atoms with Crippen LogP contribution in [-0.2, 0) is 4.79 Å². The average molecular weight is 322 g/mol. The summed E-state index contributed by atoms with van der Waals surface area (Å²) in [7, 11) is 0. The summed E-state index contributed by atoms with van der Waals surface area (Å²) in [5, 5.41) is 21.8. The van der Waals surface area contributed by atoms with Crippen molar-refractivity contribution in [2.24, 2.45) is 5.92 Å². The molecule has 0 fully saturated rings. The normalized spacial score (nSPS) is 11.5. The number of benzene rings is 1. The maximum Gasteiger partial charge on any atom is 0.339 e. The van der Waals surface area contributed by atoms with E-state index in [1.165, 1.54) is 0 Å². The van der Waals surface area contributed by atoms with Crippen LogP contribution in [0.3, 0.4) is 0 Å². The van der Waals surface area contributed by atoms with E-state index in [0.29, 0.717) is 12.0 Å². The summed E-state index contributed by atoms with van der Waals surface area (Å²) in [6, 6.07) is 2.89. The van der Waals surface area contributed by atoms with Gasteiger partial charge in [-0.05, 0) is 32.3 Å². The maximum atomic E-state index is 12.3. The highest BCUT2D eigenvalue weighted by Gasteiger charge is 2.25. The fourth-order valence-electron chi connectivity index (χ4n) is 2.11. The number of carbonyl (C=O) groups excluding carboxylic acids is 1. The van der Waals surface area contributed by atoms with Gasteiger partial charge in [-0.1, -0.05) is 19.4 Å².